The van der Waals surface area contributed by atoms with E-state index in [1.807, 2.05) is 38.1 Å². The van der Waals surface area contributed by atoms with Gasteiger partial charge in [-0.3, -0.25) is 4.79 Å². The highest BCUT2D eigenvalue weighted by Crippen LogP contribution is 2.32. The molecule has 100 valence electrons. The largest absolute Gasteiger partial charge is 0.494 e. The van der Waals surface area contributed by atoms with Crippen molar-refractivity contribution in [3.05, 3.63) is 35.5 Å². The summed E-state index contributed by atoms with van der Waals surface area (Å²) in [6, 6.07) is 7.65. The third-order valence-electron chi connectivity index (χ3n) is 3.01. The number of ether oxygens (including phenoxy) is 1. The number of aromatic amines is 1. The average molecular weight is 258 g/mol. The summed E-state index contributed by atoms with van der Waals surface area (Å²) in [4.78, 5) is 14.8. The SMILES string of the molecule is CCOc1cccc(-c2[nH]c(C)c(C(C)=O)c2N)c1. The topological polar surface area (TPSA) is 68.1 Å². The molecule has 0 unspecified atom stereocenters. The van der Waals surface area contributed by atoms with Crippen molar-refractivity contribution in [2.45, 2.75) is 20.8 Å². The maximum atomic E-state index is 11.6. The van der Waals surface area contributed by atoms with Crippen molar-refractivity contribution in [2.24, 2.45) is 0 Å². The average Bonchev–Trinajstić information content (AvgIpc) is 2.65. The second kappa shape index (κ2) is 5.18. The van der Waals surface area contributed by atoms with Gasteiger partial charge in [0, 0.05) is 11.3 Å². The summed E-state index contributed by atoms with van der Waals surface area (Å²) in [5.41, 5.74) is 9.61. The molecule has 2 rings (SSSR count). The third-order valence-corrected chi connectivity index (χ3v) is 3.01. The normalized spacial score (nSPS) is 10.5. The summed E-state index contributed by atoms with van der Waals surface area (Å²) < 4.78 is 5.47. The lowest BCUT2D eigenvalue weighted by atomic mass is 10.1. The van der Waals surface area contributed by atoms with Crippen molar-refractivity contribution < 1.29 is 9.53 Å². The van der Waals surface area contributed by atoms with Crippen molar-refractivity contribution in [3.63, 3.8) is 0 Å². The van der Waals surface area contributed by atoms with E-state index in [2.05, 4.69) is 4.98 Å². The van der Waals surface area contributed by atoms with Crippen LogP contribution in [-0.2, 0) is 0 Å². The third kappa shape index (κ3) is 2.47. The van der Waals surface area contributed by atoms with Gasteiger partial charge in [-0.05, 0) is 32.9 Å². The highest BCUT2D eigenvalue weighted by atomic mass is 16.5. The van der Waals surface area contributed by atoms with Gasteiger partial charge in [-0.25, -0.2) is 0 Å². The van der Waals surface area contributed by atoms with Gasteiger partial charge < -0.3 is 15.5 Å². The van der Waals surface area contributed by atoms with Crippen molar-refractivity contribution >= 4 is 11.5 Å². The first-order valence-corrected chi connectivity index (χ1v) is 6.26. The second-order valence-corrected chi connectivity index (χ2v) is 4.43. The quantitative estimate of drug-likeness (QED) is 0.828. The van der Waals surface area contributed by atoms with Crippen LogP contribution in [0.4, 0.5) is 5.69 Å². The molecule has 1 aromatic heterocycles. The molecule has 4 nitrogen and oxygen atoms in total. The first-order valence-electron chi connectivity index (χ1n) is 6.26. The van der Waals surface area contributed by atoms with Gasteiger partial charge in [-0.2, -0.15) is 0 Å². The number of Topliss-reactive ketones (excluding diaryl/α,β-unsaturated/α-hetero) is 1. The zero-order valence-corrected chi connectivity index (χ0v) is 11.4. The maximum absolute atomic E-state index is 11.6. The van der Waals surface area contributed by atoms with Crippen molar-refractivity contribution in [2.75, 3.05) is 12.3 Å². The standard InChI is InChI=1S/C15H18N2O2/c1-4-19-12-7-5-6-11(8-12)15-14(16)13(10(3)18)9(2)17-15/h5-8,17H,4,16H2,1-3H3. The second-order valence-electron chi connectivity index (χ2n) is 4.43. The van der Waals surface area contributed by atoms with Gasteiger partial charge in [0.2, 0.25) is 0 Å². The van der Waals surface area contributed by atoms with Crippen LogP contribution in [0.2, 0.25) is 0 Å². The van der Waals surface area contributed by atoms with Gasteiger partial charge in [0.1, 0.15) is 5.75 Å². The van der Waals surface area contributed by atoms with E-state index < -0.39 is 0 Å². The lowest BCUT2D eigenvalue weighted by molar-refractivity contribution is 0.101. The van der Waals surface area contributed by atoms with Crippen molar-refractivity contribution in [1.82, 2.24) is 4.98 Å². The number of aryl methyl sites for hydroxylation is 1. The van der Waals surface area contributed by atoms with E-state index in [0.717, 1.165) is 22.7 Å². The van der Waals surface area contributed by atoms with E-state index in [0.29, 0.717) is 17.9 Å². The van der Waals surface area contributed by atoms with Crippen LogP contribution in [0.15, 0.2) is 24.3 Å². The summed E-state index contributed by atoms with van der Waals surface area (Å²) >= 11 is 0. The number of nitrogen functional groups attached to an aromatic ring is 1. The van der Waals surface area contributed by atoms with E-state index in [1.165, 1.54) is 6.92 Å². The summed E-state index contributed by atoms with van der Waals surface area (Å²) in [7, 11) is 0. The fraction of sp³-hybridized carbons (Fsp3) is 0.267. The van der Waals surface area contributed by atoms with Crippen LogP contribution >= 0.6 is 0 Å². The molecule has 0 aliphatic carbocycles. The van der Waals surface area contributed by atoms with Gasteiger partial charge in [0.25, 0.3) is 0 Å². The van der Waals surface area contributed by atoms with Crippen LogP contribution in [-0.4, -0.2) is 17.4 Å². The van der Waals surface area contributed by atoms with E-state index >= 15 is 0 Å². The Morgan fingerprint density at radius 1 is 1.42 bits per heavy atom. The number of carbonyl (C=O) groups is 1. The molecular weight excluding hydrogens is 240 g/mol. The van der Waals surface area contributed by atoms with Gasteiger partial charge >= 0.3 is 0 Å². The number of H-pyrrole nitrogens is 1. The van der Waals surface area contributed by atoms with Crippen LogP contribution < -0.4 is 10.5 Å². The summed E-state index contributed by atoms with van der Waals surface area (Å²) in [6.07, 6.45) is 0. The molecule has 0 amide bonds. The minimum absolute atomic E-state index is 0.0292. The molecule has 0 bridgehead atoms. The van der Waals surface area contributed by atoms with Gasteiger partial charge in [-0.1, -0.05) is 12.1 Å². The molecule has 2 aromatic rings. The van der Waals surface area contributed by atoms with Crippen LogP contribution in [0.5, 0.6) is 5.75 Å². The number of hydrogen-bond acceptors (Lipinski definition) is 3. The lowest BCUT2D eigenvalue weighted by Crippen LogP contribution is -1.98. The van der Waals surface area contributed by atoms with Gasteiger partial charge in [-0.15, -0.1) is 0 Å². The highest BCUT2D eigenvalue weighted by molar-refractivity contribution is 6.03. The Balaban J connectivity index is 2.50. The van der Waals surface area contributed by atoms with E-state index in [1.54, 1.807) is 0 Å². The number of nitrogens with two attached hydrogens (primary N) is 1. The van der Waals surface area contributed by atoms with E-state index in [-0.39, 0.29) is 5.78 Å². The molecule has 0 fully saturated rings. The first kappa shape index (κ1) is 13.2. The molecule has 0 saturated heterocycles. The number of hydrogen-bond donors (Lipinski definition) is 2. The lowest BCUT2D eigenvalue weighted by Gasteiger charge is -2.06. The first-order chi connectivity index (χ1) is 9.04. The zero-order valence-electron chi connectivity index (χ0n) is 11.4. The molecule has 19 heavy (non-hydrogen) atoms. The molecule has 0 aliphatic heterocycles. The van der Waals surface area contributed by atoms with Crippen LogP contribution in [0.1, 0.15) is 29.9 Å². The smallest absolute Gasteiger partial charge is 0.163 e. The van der Waals surface area contributed by atoms with Crippen molar-refractivity contribution in [3.8, 4) is 17.0 Å². The van der Waals surface area contributed by atoms with Crippen molar-refractivity contribution in [1.29, 1.82) is 0 Å². The molecular formula is C15H18N2O2. The van der Waals surface area contributed by atoms with Crippen LogP contribution in [0.25, 0.3) is 11.3 Å². The molecule has 0 aliphatic rings. The number of rotatable bonds is 4. The summed E-state index contributed by atoms with van der Waals surface area (Å²) in [6.45, 7) is 5.92. The van der Waals surface area contributed by atoms with Crippen LogP contribution in [0.3, 0.4) is 0 Å². The zero-order chi connectivity index (χ0) is 14.0. The van der Waals surface area contributed by atoms with Gasteiger partial charge in [0.15, 0.2) is 5.78 Å². The molecule has 1 aromatic carbocycles. The molecule has 0 saturated carbocycles. The Bertz CT molecular complexity index is 615. The molecule has 0 spiro atoms. The minimum Gasteiger partial charge on any atom is -0.494 e. The fourth-order valence-corrected chi connectivity index (χ4v) is 2.23. The predicted octanol–water partition coefficient (Wildman–Crippen LogP) is 3.17. The van der Waals surface area contributed by atoms with E-state index in [4.69, 9.17) is 10.5 Å². The Hall–Kier alpha value is -2.23. The fourth-order valence-electron chi connectivity index (χ4n) is 2.23. The highest BCUT2D eigenvalue weighted by Gasteiger charge is 2.17. The molecule has 0 radical (unpaired) electrons. The molecule has 0 atom stereocenters. The minimum atomic E-state index is -0.0292. The van der Waals surface area contributed by atoms with Gasteiger partial charge in [0.05, 0.1) is 23.6 Å². The Morgan fingerprint density at radius 2 is 2.16 bits per heavy atom. The van der Waals surface area contributed by atoms with E-state index in [9.17, 15) is 4.79 Å². The van der Waals surface area contributed by atoms with Crippen LogP contribution in [0, 0.1) is 6.92 Å². The summed E-state index contributed by atoms with van der Waals surface area (Å²) in [5.74, 6) is 0.759. The Labute approximate surface area is 112 Å². The number of anilines is 1. The number of benzene rings is 1. The number of ketones is 1. The predicted molar refractivity (Wildman–Crippen MR) is 76.6 cm³/mol. The number of aromatic nitrogens is 1. The molecule has 4 heteroatoms. The monoisotopic (exact) mass is 258 g/mol. The number of nitrogens with one attached hydrogen (secondary N) is 1. The Morgan fingerprint density at radius 3 is 2.74 bits per heavy atom. The number of carbonyl (C=O) groups excluding carboxylic acids is 1. The molecule has 1 heterocycles. The maximum Gasteiger partial charge on any atom is 0.163 e. The summed E-state index contributed by atoms with van der Waals surface area (Å²) in [5, 5.41) is 0. The Kier molecular flexibility index (Phi) is 3.60. The molecule has 3 N–H and O–H groups in total.